The molecule has 0 saturated carbocycles. The molecule has 0 atom stereocenters. The van der Waals surface area contributed by atoms with Crippen molar-refractivity contribution < 1.29 is 14.3 Å². The van der Waals surface area contributed by atoms with Crippen molar-refractivity contribution >= 4 is 75.1 Å². The van der Waals surface area contributed by atoms with Crippen molar-refractivity contribution in [2.45, 2.75) is 32.4 Å². The second-order valence-corrected chi connectivity index (χ2v) is 17.5. The maximum atomic E-state index is 12.5. The summed E-state index contributed by atoms with van der Waals surface area (Å²) >= 11 is 3.65. The van der Waals surface area contributed by atoms with Gasteiger partial charge >= 0.3 is 6.09 Å². The second kappa shape index (κ2) is 15.0. The largest absolute Gasteiger partial charge is 0.494 e. The number of carbonyl (C=O) groups excluding carboxylic acids is 1. The number of nitrogens with zero attached hydrogens (tertiary/aromatic N) is 9. The van der Waals surface area contributed by atoms with E-state index in [4.69, 9.17) is 14.5 Å². The van der Waals surface area contributed by atoms with Crippen LogP contribution in [-0.2, 0) is 11.8 Å². The van der Waals surface area contributed by atoms with Crippen molar-refractivity contribution in [3.05, 3.63) is 59.7 Å². The first-order valence-corrected chi connectivity index (χ1v) is 20.6. The van der Waals surface area contributed by atoms with E-state index in [1.807, 2.05) is 57.0 Å². The van der Waals surface area contributed by atoms with Crippen molar-refractivity contribution in [2.75, 3.05) is 75.2 Å². The molecule has 5 heterocycles. The third-order valence-corrected chi connectivity index (χ3v) is 11.3. The summed E-state index contributed by atoms with van der Waals surface area (Å²) in [5.41, 5.74) is 5.98. The molecule has 7 rings (SSSR count). The van der Waals surface area contributed by atoms with Crippen molar-refractivity contribution in [1.82, 2.24) is 39.5 Å². The van der Waals surface area contributed by atoms with Crippen LogP contribution in [-0.4, -0.2) is 117 Å². The lowest BCUT2D eigenvalue weighted by molar-refractivity contribution is -0.0162. The highest BCUT2D eigenvalue weighted by molar-refractivity contribution is 9.10. The van der Waals surface area contributed by atoms with Gasteiger partial charge in [0.25, 0.3) is 0 Å². The van der Waals surface area contributed by atoms with E-state index in [-0.39, 0.29) is 6.09 Å². The number of piperazine rings is 1. The summed E-state index contributed by atoms with van der Waals surface area (Å²) in [6, 6.07) is 8.51. The van der Waals surface area contributed by atoms with Gasteiger partial charge in [0.15, 0.2) is 0 Å². The highest BCUT2D eigenvalue weighted by Gasteiger charge is 2.38. The van der Waals surface area contributed by atoms with E-state index in [9.17, 15) is 4.79 Å². The average molecular weight is 803 g/mol. The fraction of sp³-hybridized carbons (Fsp3) is 0.405. The van der Waals surface area contributed by atoms with E-state index in [1.54, 1.807) is 30.6 Å². The number of fused-ring (bicyclic) bond motifs is 1. The molecule has 1 amide bonds. The van der Waals surface area contributed by atoms with Crippen LogP contribution in [0.4, 0.5) is 33.6 Å². The number of ether oxygens (including phenoxy) is 2. The minimum Gasteiger partial charge on any atom is -0.494 e. The van der Waals surface area contributed by atoms with Gasteiger partial charge in [-0.05, 0) is 68.2 Å². The Bertz CT molecular complexity index is 2130. The van der Waals surface area contributed by atoms with Gasteiger partial charge in [-0.3, -0.25) is 19.5 Å². The van der Waals surface area contributed by atoms with Gasteiger partial charge in [0, 0.05) is 111 Å². The summed E-state index contributed by atoms with van der Waals surface area (Å²) in [5, 5.41) is 12.6. The molecular weight excluding hydrogens is 757 g/mol. The first-order valence-electron chi connectivity index (χ1n) is 17.5. The molecule has 3 aromatic heterocycles. The molecule has 0 unspecified atom stereocenters. The number of aryl methyl sites for hydroxylation is 1. The lowest BCUT2D eigenvalue weighted by Crippen LogP contribution is -2.64. The zero-order valence-corrected chi connectivity index (χ0v) is 33.6. The van der Waals surface area contributed by atoms with Gasteiger partial charge < -0.3 is 29.9 Å². The van der Waals surface area contributed by atoms with Gasteiger partial charge in [0.1, 0.15) is 17.2 Å². The summed E-state index contributed by atoms with van der Waals surface area (Å²) in [6.45, 7) is 14.9. The van der Waals surface area contributed by atoms with Gasteiger partial charge in [0.05, 0.1) is 34.5 Å². The van der Waals surface area contributed by atoms with Crippen LogP contribution in [0.2, 0.25) is 0 Å². The number of methoxy groups -OCH3 is 1. The topological polar surface area (TPSA) is 139 Å². The van der Waals surface area contributed by atoms with Crippen LogP contribution in [0, 0.1) is 0 Å². The lowest BCUT2D eigenvalue weighted by Gasteiger charge is -2.48. The normalized spacial score (nSPS) is 15.5. The number of halogens is 1. The number of aromatic nitrogens is 6. The molecule has 2 aliphatic rings. The van der Waals surface area contributed by atoms with Gasteiger partial charge in [0.2, 0.25) is 5.95 Å². The molecule has 5 aromatic rings. The molecule has 0 radical (unpaired) electrons. The highest BCUT2D eigenvalue weighted by atomic mass is 79.9. The van der Waals surface area contributed by atoms with Crippen LogP contribution in [0.3, 0.4) is 0 Å². The highest BCUT2D eigenvalue weighted by Crippen LogP contribution is 2.41. The van der Waals surface area contributed by atoms with Crippen LogP contribution in [0.25, 0.3) is 22.2 Å². The van der Waals surface area contributed by atoms with Gasteiger partial charge in [-0.15, -0.1) is 0 Å². The van der Waals surface area contributed by atoms with Crippen molar-refractivity contribution in [2.24, 2.45) is 7.05 Å². The smallest absolute Gasteiger partial charge is 0.410 e. The Morgan fingerprint density at radius 3 is 2.42 bits per heavy atom. The predicted molar refractivity (Wildman–Crippen MR) is 215 cm³/mol. The number of benzene rings is 2. The molecule has 0 spiro atoms. The molecule has 0 bridgehead atoms. The SMILES string of the molecule is COc1cc(N2CCN(C3CN(C(=O)OC(C)(C)C)C3)CC2)c(-c2cnn(C)c2)cc1Nc1ncc(Br)c(Nc2ccc3nccnc3c2P(C)C)n1. The van der Waals surface area contributed by atoms with E-state index in [0.29, 0.717) is 36.6 Å². The Morgan fingerprint density at radius 1 is 0.981 bits per heavy atom. The van der Waals surface area contributed by atoms with Crippen molar-refractivity contribution in [3.63, 3.8) is 0 Å². The molecule has 0 aliphatic carbocycles. The number of likely N-dealkylation sites (tertiary alicyclic amines) is 1. The maximum Gasteiger partial charge on any atom is 0.410 e. The molecular formula is C37H45BrN11O3P. The standard InChI is InChI=1S/C37H45BrN11O3P/c1-37(2,3)52-36(50)49-21-24(22-49)47-12-14-48(15-13-47)30-17-31(51-5)29(16-25(30)23-18-42-46(4)20-23)44-35-41-19-26(38)34(45-35)43-28-9-8-27-32(33(28)53(6)7)40-11-10-39-27/h8-11,16-20,24H,12-15,21-22H2,1-7H3,(H2,41,43,44,45). The third-order valence-electron chi connectivity index (χ3n) is 9.32. The van der Waals surface area contributed by atoms with Crippen LogP contribution < -0.4 is 25.6 Å². The minimum atomic E-state index is -0.510. The molecule has 16 heteroatoms. The predicted octanol–water partition coefficient (Wildman–Crippen LogP) is 6.19. The third kappa shape index (κ3) is 8.02. The van der Waals surface area contributed by atoms with Gasteiger partial charge in [-0.2, -0.15) is 10.1 Å². The van der Waals surface area contributed by atoms with Gasteiger partial charge in [-0.25, -0.2) is 9.78 Å². The number of nitrogens with one attached hydrogen (secondary N) is 2. The maximum absolute atomic E-state index is 12.5. The monoisotopic (exact) mass is 801 g/mol. The molecule has 278 valence electrons. The van der Waals surface area contributed by atoms with Crippen molar-refractivity contribution in [1.29, 1.82) is 0 Å². The van der Waals surface area contributed by atoms with E-state index < -0.39 is 13.5 Å². The first kappa shape index (κ1) is 36.8. The Balaban J connectivity index is 1.12. The number of carbonyl (C=O) groups is 1. The van der Waals surface area contributed by atoms with E-state index in [1.165, 1.54) is 0 Å². The van der Waals surface area contributed by atoms with E-state index >= 15 is 0 Å². The summed E-state index contributed by atoms with van der Waals surface area (Å²) in [6.07, 6.45) is 8.84. The Labute approximate surface area is 319 Å². The van der Waals surface area contributed by atoms with Crippen LogP contribution in [0.1, 0.15) is 20.8 Å². The van der Waals surface area contributed by atoms with Crippen molar-refractivity contribution in [3.8, 4) is 16.9 Å². The van der Waals surface area contributed by atoms with Crippen LogP contribution in [0.15, 0.2) is 59.7 Å². The molecule has 2 aromatic carbocycles. The van der Waals surface area contributed by atoms with Crippen LogP contribution in [0.5, 0.6) is 5.75 Å². The fourth-order valence-electron chi connectivity index (χ4n) is 6.72. The fourth-order valence-corrected chi connectivity index (χ4v) is 8.22. The van der Waals surface area contributed by atoms with Gasteiger partial charge in [-0.1, -0.05) is 7.92 Å². The zero-order chi connectivity index (χ0) is 37.4. The Hall–Kier alpha value is -4.59. The molecule has 2 N–H and O–H groups in total. The summed E-state index contributed by atoms with van der Waals surface area (Å²) < 4.78 is 14.1. The van der Waals surface area contributed by atoms with E-state index in [0.717, 1.165) is 75.2 Å². The minimum absolute atomic E-state index is 0.239. The average Bonchev–Trinajstić information content (AvgIpc) is 3.54. The molecule has 14 nitrogen and oxygen atoms in total. The summed E-state index contributed by atoms with van der Waals surface area (Å²) in [7, 11) is 3.08. The summed E-state index contributed by atoms with van der Waals surface area (Å²) in [5.74, 6) is 1.69. The first-order chi connectivity index (χ1) is 25.4. The Morgan fingerprint density at radius 2 is 1.74 bits per heavy atom. The Kier molecular flexibility index (Phi) is 10.4. The molecule has 2 saturated heterocycles. The number of anilines is 5. The molecule has 2 aliphatic heterocycles. The number of rotatable bonds is 9. The number of amides is 1. The quantitative estimate of drug-likeness (QED) is 0.165. The number of hydrogen-bond acceptors (Lipinski definition) is 12. The molecule has 2 fully saturated rings. The van der Waals surface area contributed by atoms with E-state index in [2.05, 4.69) is 81.9 Å². The second-order valence-electron chi connectivity index (χ2n) is 14.5. The zero-order valence-electron chi connectivity index (χ0n) is 31.1. The lowest BCUT2D eigenvalue weighted by atomic mass is 10.0. The summed E-state index contributed by atoms with van der Waals surface area (Å²) in [4.78, 5) is 37.8. The van der Waals surface area contributed by atoms with Crippen LogP contribution >= 0.6 is 23.9 Å². The number of hydrogen-bond donors (Lipinski definition) is 2. The molecule has 53 heavy (non-hydrogen) atoms.